The van der Waals surface area contributed by atoms with Gasteiger partial charge in [-0.2, -0.15) is 26.3 Å². The van der Waals surface area contributed by atoms with Gasteiger partial charge in [-0.3, -0.25) is 9.59 Å². The first-order valence-corrected chi connectivity index (χ1v) is 8.54. The number of carbonyl (C=O) groups is 2. The van der Waals surface area contributed by atoms with Crippen LogP contribution < -0.4 is 0 Å². The van der Waals surface area contributed by atoms with Crippen molar-refractivity contribution in [1.82, 2.24) is 0 Å². The van der Waals surface area contributed by atoms with Crippen molar-refractivity contribution in [2.45, 2.75) is 69.1 Å². The van der Waals surface area contributed by atoms with Gasteiger partial charge in [0.05, 0.1) is 19.4 Å². The predicted molar refractivity (Wildman–Crippen MR) is 78.6 cm³/mol. The van der Waals surface area contributed by atoms with Crippen LogP contribution in [0.1, 0.15) is 44.9 Å². The molecule has 0 aromatic heterocycles. The minimum Gasteiger partial charge on any atom is -0.465 e. The number of hydrogen-bond acceptors (Lipinski definition) is 4. The van der Waals surface area contributed by atoms with Crippen LogP contribution in [-0.2, 0) is 19.1 Å². The topological polar surface area (TPSA) is 52.6 Å². The molecule has 1 rings (SSSR count). The van der Waals surface area contributed by atoms with Gasteiger partial charge in [0.2, 0.25) is 0 Å². The molecule has 4 nitrogen and oxygen atoms in total. The average Bonchev–Trinajstić information content (AvgIpc) is 2.63. The average molecular weight is 428 g/mol. The number of halogens is 8. The third-order valence-corrected chi connectivity index (χ3v) is 4.30. The van der Waals surface area contributed by atoms with Crippen molar-refractivity contribution < 1.29 is 54.2 Å². The van der Waals surface area contributed by atoms with E-state index in [-0.39, 0.29) is 12.5 Å². The van der Waals surface area contributed by atoms with Gasteiger partial charge in [0, 0.05) is 0 Å². The zero-order valence-electron chi connectivity index (χ0n) is 14.7. The molecule has 0 spiro atoms. The number of hydrogen-bond donors (Lipinski definition) is 0. The molecule has 0 saturated heterocycles. The number of esters is 2. The SMILES string of the molecule is O=C(CCC(=O)OCC(F)(F)C(F)(F)C(F)(F)C(F)F)OCC1CCCCC1. The molecule has 0 radical (unpaired) electrons. The molecule has 1 saturated carbocycles. The molecule has 0 atom stereocenters. The van der Waals surface area contributed by atoms with Crippen LogP contribution >= 0.6 is 0 Å². The highest BCUT2D eigenvalue weighted by molar-refractivity contribution is 5.77. The summed E-state index contributed by atoms with van der Waals surface area (Å²) in [4.78, 5) is 22.7. The number of carbonyl (C=O) groups excluding carboxylic acids is 2. The quantitative estimate of drug-likeness (QED) is 0.377. The minimum atomic E-state index is -6.45. The summed E-state index contributed by atoms with van der Waals surface area (Å²) in [5, 5.41) is 0. The van der Waals surface area contributed by atoms with E-state index in [4.69, 9.17) is 4.74 Å². The first-order chi connectivity index (χ1) is 12.8. The van der Waals surface area contributed by atoms with Crippen molar-refractivity contribution in [2.24, 2.45) is 5.92 Å². The first-order valence-electron chi connectivity index (χ1n) is 8.54. The van der Waals surface area contributed by atoms with E-state index in [1.54, 1.807) is 0 Å². The highest BCUT2D eigenvalue weighted by Crippen LogP contribution is 2.48. The normalized spacial score (nSPS) is 16.9. The Balaban J connectivity index is 2.40. The fourth-order valence-corrected chi connectivity index (χ4v) is 2.56. The van der Waals surface area contributed by atoms with E-state index < -0.39 is 55.6 Å². The summed E-state index contributed by atoms with van der Waals surface area (Å²) in [6.07, 6.45) is -1.64. The fourth-order valence-electron chi connectivity index (χ4n) is 2.56. The van der Waals surface area contributed by atoms with E-state index in [9.17, 15) is 44.7 Å². The first kappa shape index (κ1) is 24.4. The largest absolute Gasteiger partial charge is 0.465 e. The van der Waals surface area contributed by atoms with Crippen LogP contribution in [0.15, 0.2) is 0 Å². The van der Waals surface area contributed by atoms with Gasteiger partial charge in [0.1, 0.15) is 0 Å². The van der Waals surface area contributed by atoms with Crippen LogP contribution in [0, 0.1) is 5.92 Å². The number of ether oxygens (including phenoxy) is 2. The molecule has 1 aliphatic rings. The molecule has 0 bridgehead atoms. The highest BCUT2D eigenvalue weighted by Gasteiger charge is 2.75. The maximum Gasteiger partial charge on any atom is 0.381 e. The summed E-state index contributed by atoms with van der Waals surface area (Å²) in [7, 11) is 0. The Bertz CT molecular complexity index is 533. The van der Waals surface area contributed by atoms with Crippen molar-refractivity contribution in [3.8, 4) is 0 Å². The van der Waals surface area contributed by atoms with E-state index in [1.165, 1.54) is 0 Å². The molecule has 0 aliphatic heterocycles. The van der Waals surface area contributed by atoms with E-state index in [1.807, 2.05) is 0 Å². The fraction of sp³-hybridized carbons (Fsp3) is 0.875. The van der Waals surface area contributed by atoms with Crippen molar-refractivity contribution >= 4 is 11.9 Å². The Morgan fingerprint density at radius 2 is 1.36 bits per heavy atom. The van der Waals surface area contributed by atoms with Gasteiger partial charge < -0.3 is 9.47 Å². The Kier molecular flexibility index (Phi) is 8.48. The summed E-state index contributed by atoms with van der Waals surface area (Å²) in [5.74, 6) is -20.8. The monoisotopic (exact) mass is 428 g/mol. The summed E-state index contributed by atoms with van der Waals surface area (Å²) in [6.45, 7) is -2.42. The molecule has 1 aliphatic carbocycles. The summed E-state index contributed by atoms with van der Waals surface area (Å²) >= 11 is 0. The summed E-state index contributed by atoms with van der Waals surface area (Å²) < 4.78 is 110. The second-order valence-corrected chi connectivity index (χ2v) is 6.55. The standard InChI is InChI=1S/C16H20F8O4/c17-13(18)15(21,22)16(23,24)14(19,20)9-28-12(26)7-6-11(25)27-8-10-4-2-1-3-5-10/h10,13H,1-9H2. The van der Waals surface area contributed by atoms with E-state index >= 15 is 0 Å². The van der Waals surface area contributed by atoms with Crippen LogP contribution in [0.4, 0.5) is 35.1 Å². The Morgan fingerprint density at radius 3 is 1.86 bits per heavy atom. The van der Waals surface area contributed by atoms with Crippen molar-refractivity contribution in [3.05, 3.63) is 0 Å². The lowest BCUT2D eigenvalue weighted by molar-refractivity contribution is -0.344. The lowest BCUT2D eigenvalue weighted by Gasteiger charge is -2.31. The number of alkyl halides is 8. The van der Waals surface area contributed by atoms with Gasteiger partial charge in [-0.15, -0.1) is 0 Å². The molecule has 12 heteroatoms. The van der Waals surface area contributed by atoms with Crippen LogP contribution in [0.3, 0.4) is 0 Å². The summed E-state index contributed by atoms with van der Waals surface area (Å²) in [5.41, 5.74) is 0. The zero-order valence-corrected chi connectivity index (χ0v) is 14.7. The van der Waals surface area contributed by atoms with Crippen LogP contribution in [0.2, 0.25) is 0 Å². The third-order valence-electron chi connectivity index (χ3n) is 4.30. The lowest BCUT2D eigenvalue weighted by Crippen LogP contribution is -2.59. The maximum atomic E-state index is 13.2. The number of rotatable bonds is 10. The van der Waals surface area contributed by atoms with Crippen molar-refractivity contribution in [2.75, 3.05) is 13.2 Å². The molecule has 0 unspecified atom stereocenters. The predicted octanol–water partition coefficient (Wildman–Crippen LogP) is 4.60. The minimum absolute atomic E-state index is 0.126. The zero-order chi connectivity index (χ0) is 21.6. The molecule has 28 heavy (non-hydrogen) atoms. The lowest BCUT2D eigenvalue weighted by atomic mass is 9.90. The van der Waals surface area contributed by atoms with Gasteiger partial charge >= 0.3 is 36.1 Å². The van der Waals surface area contributed by atoms with E-state index in [0.717, 1.165) is 32.1 Å². The molecule has 0 aromatic rings. The van der Waals surface area contributed by atoms with Gasteiger partial charge in [0.25, 0.3) is 0 Å². The van der Waals surface area contributed by atoms with Crippen LogP contribution in [-0.4, -0.2) is 49.3 Å². The second kappa shape index (κ2) is 9.73. The molecule has 0 N–H and O–H groups in total. The van der Waals surface area contributed by atoms with Crippen LogP contribution in [0.25, 0.3) is 0 Å². The Hall–Kier alpha value is -1.62. The van der Waals surface area contributed by atoms with E-state index in [2.05, 4.69) is 4.74 Å². The molecule has 164 valence electrons. The molecular weight excluding hydrogens is 408 g/mol. The third kappa shape index (κ3) is 6.20. The summed E-state index contributed by atoms with van der Waals surface area (Å²) in [6, 6.07) is 0. The van der Waals surface area contributed by atoms with Crippen molar-refractivity contribution in [1.29, 1.82) is 0 Å². The van der Waals surface area contributed by atoms with Gasteiger partial charge in [-0.1, -0.05) is 19.3 Å². The molecule has 0 amide bonds. The van der Waals surface area contributed by atoms with E-state index in [0.29, 0.717) is 0 Å². The van der Waals surface area contributed by atoms with Gasteiger partial charge in [-0.25, -0.2) is 8.78 Å². The smallest absolute Gasteiger partial charge is 0.381 e. The van der Waals surface area contributed by atoms with Gasteiger partial charge in [0.15, 0.2) is 6.61 Å². The van der Waals surface area contributed by atoms with Crippen LogP contribution in [0.5, 0.6) is 0 Å². The molecule has 0 aromatic carbocycles. The molecule has 1 fully saturated rings. The van der Waals surface area contributed by atoms with Gasteiger partial charge in [-0.05, 0) is 18.8 Å². The highest BCUT2D eigenvalue weighted by atomic mass is 19.4. The maximum absolute atomic E-state index is 13.2. The Morgan fingerprint density at radius 1 is 0.857 bits per heavy atom. The second-order valence-electron chi connectivity index (χ2n) is 6.55. The molecule has 0 heterocycles. The Labute approximate surface area is 155 Å². The molecular formula is C16H20F8O4. The van der Waals surface area contributed by atoms with Crippen molar-refractivity contribution in [3.63, 3.8) is 0 Å².